The molecule has 0 spiro atoms. The number of esters is 1. The Morgan fingerprint density at radius 1 is 0.842 bits per heavy atom. The Bertz CT molecular complexity index is 1280. The maximum atomic E-state index is 11.4. The average Bonchev–Trinajstić information content (AvgIpc) is 2.93. The molecule has 3 rings (SSSR count). The maximum Gasteiger partial charge on any atom is 0.305 e. The Kier molecular flexibility index (Phi) is 11.1. The lowest BCUT2D eigenvalue weighted by Crippen LogP contribution is -2.17. The molecule has 0 fully saturated rings. The van der Waals surface area contributed by atoms with Crippen LogP contribution in [0.25, 0.3) is 5.57 Å². The van der Waals surface area contributed by atoms with Crippen LogP contribution in [0.1, 0.15) is 43.9 Å². The van der Waals surface area contributed by atoms with Crippen molar-refractivity contribution in [3.8, 4) is 0 Å². The molecule has 0 atom stereocenters. The molecule has 196 valence electrons. The van der Waals surface area contributed by atoms with Crippen LogP contribution in [0.3, 0.4) is 0 Å². The normalized spacial score (nSPS) is 12.4. The van der Waals surface area contributed by atoms with Crippen LogP contribution in [0.4, 0.5) is 0 Å². The third-order valence-corrected chi connectivity index (χ3v) is 5.92. The Hall–Kier alpha value is -4.38. The minimum absolute atomic E-state index is 0.226. The summed E-state index contributed by atoms with van der Waals surface area (Å²) in [5.41, 5.74) is 6.85. The van der Waals surface area contributed by atoms with Crippen molar-refractivity contribution in [2.75, 3.05) is 6.79 Å². The lowest BCUT2D eigenvalue weighted by molar-refractivity contribution is -0.150. The molecule has 0 radical (unpaired) electrons. The molecule has 1 N–H and O–H groups in total. The van der Waals surface area contributed by atoms with Gasteiger partial charge in [0.15, 0.2) is 0 Å². The van der Waals surface area contributed by atoms with Crippen LogP contribution in [0.5, 0.6) is 0 Å². The molecule has 5 heteroatoms. The van der Waals surface area contributed by atoms with Gasteiger partial charge >= 0.3 is 5.97 Å². The smallest absolute Gasteiger partial charge is 0.305 e. The standard InChI is InChI=1S/C33H36N2O3/c1-5-30(31-19-13-8-14-20-31)23-34-33(38-24-37-27(4)36)32(22-29-17-11-7-12-18-29)35-26(3)25(2)21-28-15-9-6-10-16-28/h6-20,23,34H,2,5,21-22,24H2,1,3-4H3/b30-23+,33-32+,35-26+. The molecule has 3 aromatic carbocycles. The summed E-state index contributed by atoms with van der Waals surface area (Å²) in [6.45, 7) is 9.47. The summed E-state index contributed by atoms with van der Waals surface area (Å²) in [5, 5.41) is 3.32. The fourth-order valence-electron chi connectivity index (χ4n) is 3.79. The second kappa shape index (κ2) is 15.0. The van der Waals surface area contributed by atoms with Gasteiger partial charge < -0.3 is 14.8 Å². The summed E-state index contributed by atoms with van der Waals surface area (Å²) in [5.74, 6) is 0.00259. The van der Waals surface area contributed by atoms with E-state index in [4.69, 9.17) is 14.5 Å². The van der Waals surface area contributed by atoms with Gasteiger partial charge in [0.2, 0.25) is 12.7 Å². The molecule has 0 saturated carbocycles. The first-order valence-electron chi connectivity index (χ1n) is 12.8. The zero-order valence-electron chi connectivity index (χ0n) is 22.4. The van der Waals surface area contributed by atoms with E-state index in [1.807, 2.05) is 79.9 Å². The molecule has 0 heterocycles. The van der Waals surface area contributed by atoms with E-state index in [0.29, 0.717) is 24.4 Å². The minimum atomic E-state index is -0.418. The van der Waals surface area contributed by atoms with Crippen molar-refractivity contribution in [3.05, 3.63) is 138 Å². The van der Waals surface area contributed by atoms with Crippen molar-refractivity contribution < 1.29 is 14.3 Å². The average molecular weight is 509 g/mol. The van der Waals surface area contributed by atoms with Gasteiger partial charge in [-0.25, -0.2) is 0 Å². The Labute approximate surface area is 226 Å². The van der Waals surface area contributed by atoms with Gasteiger partial charge in [-0.1, -0.05) is 104 Å². The number of ether oxygens (including phenoxy) is 2. The molecule has 0 amide bonds. The van der Waals surface area contributed by atoms with Gasteiger partial charge in [0, 0.05) is 25.3 Å². The quantitative estimate of drug-likeness (QED) is 0.114. The van der Waals surface area contributed by atoms with Crippen molar-refractivity contribution in [1.29, 1.82) is 0 Å². The molecule has 0 aliphatic heterocycles. The van der Waals surface area contributed by atoms with Crippen molar-refractivity contribution in [2.45, 2.75) is 40.0 Å². The van der Waals surface area contributed by atoms with E-state index in [1.165, 1.54) is 12.5 Å². The molecule has 0 aliphatic carbocycles. The number of allylic oxidation sites excluding steroid dienone is 3. The van der Waals surface area contributed by atoms with Crippen molar-refractivity contribution in [3.63, 3.8) is 0 Å². The number of benzene rings is 3. The predicted octanol–water partition coefficient (Wildman–Crippen LogP) is 7.24. The molecule has 5 nitrogen and oxygen atoms in total. The first-order valence-corrected chi connectivity index (χ1v) is 12.8. The van der Waals surface area contributed by atoms with Crippen LogP contribution in [-0.4, -0.2) is 18.5 Å². The first-order chi connectivity index (χ1) is 18.5. The number of hydrogen-bond acceptors (Lipinski definition) is 5. The zero-order chi connectivity index (χ0) is 27.2. The summed E-state index contributed by atoms with van der Waals surface area (Å²) in [6, 6.07) is 30.4. The van der Waals surface area contributed by atoms with E-state index in [-0.39, 0.29) is 6.79 Å². The molecule has 0 bridgehead atoms. The van der Waals surface area contributed by atoms with E-state index in [9.17, 15) is 4.79 Å². The van der Waals surface area contributed by atoms with Crippen LogP contribution < -0.4 is 5.32 Å². The van der Waals surface area contributed by atoms with Crippen LogP contribution in [0.2, 0.25) is 0 Å². The monoisotopic (exact) mass is 508 g/mol. The number of nitrogens with one attached hydrogen (secondary N) is 1. The summed E-state index contributed by atoms with van der Waals surface area (Å²) >= 11 is 0. The largest absolute Gasteiger partial charge is 0.440 e. The molecule has 0 saturated heterocycles. The fourth-order valence-corrected chi connectivity index (χ4v) is 3.79. The van der Waals surface area contributed by atoms with Crippen LogP contribution in [0, 0.1) is 0 Å². The summed E-state index contributed by atoms with van der Waals surface area (Å²) < 4.78 is 11.1. The number of hydrogen-bond donors (Lipinski definition) is 1. The van der Waals surface area contributed by atoms with Gasteiger partial charge in [0.05, 0.1) is 0 Å². The molecule has 3 aromatic rings. The number of rotatable bonds is 13. The van der Waals surface area contributed by atoms with Gasteiger partial charge in [-0.3, -0.25) is 9.79 Å². The SMILES string of the molecule is C=C(Cc1ccccc1)/C(C)=N/C(Cc1ccccc1)=C(\N/C=C(\CC)c1ccccc1)OCOC(C)=O. The third kappa shape index (κ3) is 9.25. The van der Waals surface area contributed by atoms with Crippen molar-refractivity contribution in [2.24, 2.45) is 4.99 Å². The van der Waals surface area contributed by atoms with Gasteiger partial charge in [-0.15, -0.1) is 0 Å². The molecular weight excluding hydrogens is 472 g/mol. The number of carbonyl (C=O) groups excluding carboxylic acids is 1. The molecule has 38 heavy (non-hydrogen) atoms. The van der Waals surface area contributed by atoms with Gasteiger partial charge in [-0.05, 0) is 47.6 Å². The van der Waals surface area contributed by atoms with E-state index >= 15 is 0 Å². The first kappa shape index (κ1) is 28.2. The lowest BCUT2D eigenvalue weighted by Gasteiger charge is -2.16. The van der Waals surface area contributed by atoms with Crippen LogP contribution >= 0.6 is 0 Å². The molecule has 0 unspecified atom stereocenters. The Balaban J connectivity index is 2.00. The third-order valence-electron chi connectivity index (χ3n) is 5.92. The second-order valence-corrected chi connectivity index (χ2v) is 8.83. The highest BCUT2D eigenvalue weighted by Crippen LogP contribution is 2.20. The summed E-state index contributed by atoms with van der Waals surface area (Å²) in [4.78, 5) is 16.4. The minimum Gasteiger partial charge on any atom is -0.440 e. The highest BCUT2D eigenvalue weighted by molar-refractivity contribution is 5.98. The summed E-state index contributed by atoms with van der Waals surface area (Å²) in [7, 11) is 0. The van der Waals surface area contributed by atoms with Crippen LogP contribution in [-0.2, 0) is 27.1 Å². The van der Waals surface area contributed by atoms with Crippen molar-refractivity contribution >= 4 is 17.3 Å². The molecular formula is C33H36N2O3. The Morgan fingerprint density at radius 3 is 1.95 bits per heavy atom. The van der Waals surface area contributed by atoms with E-state index in [2.05, 4.69) is 43.1 Å². The summed E-state index contributed by atoms with van der Waals surface area (Å²) in [6.07, 6.45) is 3.95. The van der Waals surface area contributed by atoms with Gasteiger partial charge in [0.1, 0.15) is 5.70 Å². The number of nitrogens with zero attached hydrogens (tertiary/aromatic N) is 1. The van der Waals surface area contributed by atoms with Crippen molar-refractivity contribution in [1.82, 2.24) is 5.32 Å². The highest BCUT2D eigenvalue weighted by Gasteiger charge is 2.12. The topological polar surface area (TPSA) is 59.9 Å². The second-order valence-electron chi connectivity index (χ2n) is 8.83. The highest BCUT2D eigenvalue weighted by atomic mass is 16.7. The van der Waals surface area contributed by atoms with Gasteiger partial charge in [-0.2, -0.15) is 0 Å². The van der Waals surface area contributed by atoms with Gasteiger partial charge in [0.25, 0.3) is 0 Å². The Morgan fingerprint density at radius 2 is 1.39 bits per heavy atom. The molecule has 0 aromatic heterocycles. The zero-order valence-corrected chi connectivity index (χ0v) is 22.4. The predicted molar refractivity (Wildman–Crippen MR) is 155 cm³/mol. The molecule has 0 aliphatic rings. The number of aliphatic imine (C=N–C) groups is 1. The lowest BCUT2D eigenvalue weighted by atomic mass is 10.0. The van der Waals surface area contributed by atoms with E-state index in [1.54, 1.807) is 0 Å². The number of carbonyl (C=O) groups is 1. The van der Waals surface area contributed by atoms with E-state index < -0.39 is 5.97 Å². The van der Waals surface area contributed by atoms with Crippen LogP contribution in [0.15, 0.2) is 126 Å². The van der Waals surface area contributed by atoms with E-state index in [0.717, 1.165) is 34.4 Å². The fraction of sp³-hybridized carbons (Fsp3) is 0.212. The maximum absolute atomic E-state index is 11.4.